The van der Waals surface area contributed by atoms with Gasteiger partial charge in [-0.3, -0.25) is 29.2 Å². The summed E-state index contributed by atoms with van der Waals surface area (Å²) in [5, 5.41) is 29.8. The molecule has 6 aromatic rings. The van der Waals surface area contributed by atoms with E-state index < -0.39 is 18.7 Å². The van der Waals surface area contributed by atoms with Crippen LogP contribution in [0.4, 0.5) is 16.2 Å². The number of aromatic nitrogens is 7. The molecule has 0 aliphatic carbocycles. The second kappa shape index (κ2) is 16.5. The number of anilines is 2. The molecule has 2 aliphatic rings. The van der Waals surface area contributed by atoms with Gasteiger partial charge in [0.15, 0.2) is 5.65 Å². The Kier molecular flexibility index (Phi) is 11.2. The van der Waals surface area contributed by atoms with Gasteiger partial charge in [0, 0.05) is 79.5 Å². The van der Waals surface area contributed by atoms with Crippen LogP contribution in [0.2, 0.25) is 0 Å². The van der Waals surface area contributed by atoms with Crippen molar-refractivity contribution in [1.29, 1.82) is 0 Å². The number of nitrogens with zero attached hydrogens (tertiary/aromatic N) is 10. The van der Waals surface area contributed by atoms with Crippen LogP contribution < -0.4 is 15.1 Å². The molecule has 318 valence electrons. The van der Waals surface area contributed by atoms with Gasteiger partial charge in [-0.1, -0.05) is 50.2 Å². The fraction of sp³-hybridized carbons (Fsp3) is 0.409. The number of H-pyrrole nitrogens is 1. The van der Waals surface area contributed by atoms with Crippen LogP contribution in [-0.2, 0) is 16.8 Å². The zero-order valence-electron chi connectivity index (χ0n) is 35.7. The van der Waals surface area contributed by atoms with E-state index in [9.17, 15) is 19.5 Å². The minimum absolute atomic E-state index is 0.0142. The minimum Gasteiger partial charge on any atom is -0.376 e. The minimum atomic E-state index is -0.634. The van der Waals surface area contributed by atoms with Crippen LogP contribution in [0.1, 0.15) is 79.2 Å². The number of amides is 4. The number of hydrogen-bond acceptors (Lipinski definition) is 12. The van der Waals surface area contributed by atoms with Crippen LogP contribution in [0, 0.1) is 20.8 Å². The molecular weight excluding hydrogens is 777 g/mol. The third-order valence-corrected chi connectivity index (χ3v) is 11.7. The maximum atomic E-state index is 12.9. The second-order valence-corrected chi connectivity index (χ2v) is 16.9. The number of benzene rings is 2. The Hall–Kier alpha value is -6.46. The van der Waals surface area contributed by atoms with Crippen molar-refractivity contribution in [1.82, 2.24) is 50.2 Å². The Labute approximate surface area is 353 Å². The van der Waals surface area contributed by atoms with E-state index in [1.54, 1.807) is 4.90 Å². The summed E-state index contributed by atoms with van der Waals surface area (Å²) >= 11 is 0. The van der Waals surface area contributed by atoms with Gasteiger partial charge in [0.1, 0.15) is 6.73 Å². The lowest BCUT2D eigenvalue weighted by Gasteiger charge is -2.36. The monoisotopic (exact) mass is 828 g/mol. The van der Waals surface area contributed by atoms with Gasteiger partial charge in [-0.25, -0.2) is 14.7 Å². The number of aryl methyl sites for hydroxylation is 2. The lowest BCUT2D eigenvalue weighted by Crippen LogP contribution is -2.53. The van der Waals surface area contributed by atoms with Gasteiger partial charge in [-0.2, -0.15) is 15.2 Å². The normalized spacial score (nSPS) is 15.9. The van der Waals surface area contributed by atoms with Gasteiger partial charge in [0.05, 0.1) is 35.4 Å². The van der Waals surface area contributed by atoms with Crippen molar-refractivity contribution in [3.05, 3.63) is 89.0 Å². The zero-order valence-corrected chi connectivity index (χ0v) is 35.7. The van der Waals surface area contributed by atoms with Crippen molar-refractivity contribution in [3.8, 4) is 22.4 Å². The Balaban J connectivity index is 0.878. The maximum absolute atomic E-state index is 12.9. The van der Waals surface area contributed by atoms with Gasteiger partial charge in [0.25, 0.3) is 11.7 Å². The number of fused-ring (bicyclic) bond motifs is 1. The fourth-order valence-corrected chi connectivity index (χ4v) is 8.22. The molecule has 4 amide bonds. The first-order valence-corrected chi connectivity index (χ1v) is 20.6. The highest BCUT2D eigenvalue weighted by Gasteiger charge is 2.35. The molecule has 8 rings (SSSR count). The molecule has 0 bridgehead atoms. The molecule has 6 heterocycles. The molecule has 0 saturated carbocycles. The number of pyridine rings is 1. The van der Waals surface area contributed by atoms with Crippen molar-refractivity contribution < 1.29 is 24.0 Å². The largest absolute Gasteiger partial charge is 0.376 e. The number of piperazine rings is 1. The number of urea groups is 1. The molecule has 2 aliphatic heterocycles. The average molecular weight is 829 g/mol. The molecule has 17 nitrogen and oxygen atoms in total. The number of aliphatic hydroxyl groups is 1. The van der Waals surface area contributed by atoms with Crippen LogP contribution in [0.25, 0.3) is 33.4 Å². The van der Waals surface area contributed by atoms with Crippen molar-refractivity contribution >= 4 is 40.3 Å². The zero-order chi connectivity index (χ0) is 43.2. The quantitative estimate of drug-likeness (QED) is 0.148. The molecule has 61 heavy (non-hydrogen) atoms. The van der Waals surface area contributed by atoms with Gasteiger partial charge in [-0.15, -0.1) is 0 Å². The van der Waals surface area contributed by atoms with E-state index in [1.165, 1.54) is 5.69 Å². The van der Waals surface area contributed by atoms with Crippen molar-refractivity contribution in [2.24, 2.45) is 0 Å². The van der Waals surface area contributed by atoms with E-state index >= 15 is 0 Å². The van der Waals surface area contributed by atoms with Gasteiger partial charge in [-0.05, 0) is 68.7 Å². The maximum Gasteiger partial charge on any atom is 0.333 e. The highest BCUT2D eigenvalue weighted by Crippen LogP contribution is 2.33. The van der Waals surface area contributed by atoms with E-state index in [0.29, 0.717) is 23.8 Å². The van der Waals surface area contributed by atoms with Crippen LogP contribution >= 0.6 is 0 Å². The Bertz CT molecular complexity index is 2600. The van der Waals surface area contributed by atoms with Crippen molar-refractivity contribution in [2.45, 2.75) is 72.9 Å². The van der Waals surface area contributed by atoms with Crippen molar-refractivity contribution in [2.75, 3.05) is 55.8 Å². The average Bonchev–Trinajstić information content (AvgIpc) is 3.98. The summed E-state index contributed by atoms with van der Waals surface area (Å²) in [6.45, 7) is 18.3. The first-order chi connectivity index (χ1) is 29.2. The van der Waals surface area contributed by atoms with Gasteiger partial charge >= 0.3 is 6.03 Å². The highest BCUT2D eigenvalue weighted by atomic mass is 16.5. The number of aromatic amines is 1. The summed E-state index contributed by atoms with van der Waals surface area (Å²) in [6.07, 6.45) is 2.02. The third-order valence-electron chi connectivity index (χ3n) is 11.7. The first-order valence-electron chi connectivity index (χ1n) is 20.6. The van der Waals surface area contributed by atoms with Crippen LogP contribution in [0.3, 0.4) is 0 Å². The van der Waals surface area contributed by atoms with Crippen LogP contribution in [0.5, 0.6) is 0 Å². The molecule has 0 unspecified atom stereocenters. The summed E-state index contributed by atoms with van der Waals surface area (Å²) in [5.41, 5.74) is 9.61. The predicted octanol–water partition coefficient (Wildman–Crippen LogP) is 5.52. The standard InChI is InChI=1S/C44H52N12O5/c1-26-22-31(10-13-34(26)27(2)46-41(59)40-47-42(61-51-40)44(5,6)7)37-35-23-32(24-45-39(35)49-48-37)30-8-11-33(12-9-30)53-19-16-52(17-20-53)18-21-56-29(4)38(28(3)50-56)54-15-14-36(58)55(25-57)43(54)60/h8-13,22-24,27,57H,14-21,25H2,1-7H3,(H,46,59)(H,45,48,49)/t27-/m1/s1. The number of aliphatic hydroxyl groups excluding tert-OH is 1. The molecule has 3 N–H and O–H groups in total. The molecule has 0 radical (unpaired) electrons. The third kappa shape index (κ3) is 8.22. The molecule has 1 atom stereocenters. The molecule has 2 aromatic carbocycles. The summed E-state index contributed by atoms with van der Waals surface area (Å²) in [5.74, 6) is -0.337. The van der Waals surface area contributed by atoms with E-state index in [2.05, 4.69) is 76.8 Å². The topological polar surface area (TPSA) is 195 Å². The number of rotatable bonds is 11. The van der Waals surface area contributed by atoms with E-state index in [-0.39, 0.29) is 36.2 Å². The second-order valence-electron chi connectivity index (χ2n) is 16.9. The number of hydrogen-bond donors (Lipinski definition) is 3. The lowest BCUT2D eigenvalue weighted by atomic mass is 9.97. The van der Waals surface area contributed by atoms with E-state index in [4.69, 9.17) is 9.62 Å². The molecule has 4 aromatic heterocycles. The highest BCUT2D eigenvalue weighted by molar-refractivity contribution is 6.06. The fourth-order valence-electron chi connectivity index (χ4n) is 8.22. The molecular formula is C44H52N12O5. The van der Waals surface area contributed by atoms with E-state index in [0.717, 1.165) is 87.9 Å². The lowest BCUT2D eigenvalue weighted by molar-refractivity contribution is -0.131. The van der Waals surface area contributed by atoms with Gasteiger partial charge < -0.3 is 19.8 Å². The summed E-state index contributed by atoms with van der Waals surface area (Å²) < 4.78 is 7.24. The molecule has 2 saturated heterocycles. The predicted molar refractivity (Wildman–Crippen MR) is 230 cm³/mol. The van der Waals surface area contributed by atoms with Crippen LogP contribution in [0.15, 0.2) is 59.3 Å². The smallest absolute Gasteiger partial charge is 0.333 e. The van der Waals surface area contributed by atoms with E-state index in [1.807, 2.05) is 71.5 Å². The number of nitrogens with one attached hydrogen (secondary N) is 2. The number of carbonyl (C=O) groups excluding carboxylic acids is 3. The van der Waals surface area contributed by atoms with Crippen molar-refractivity contribution in [3.63, 3.8) is 0 Å². The number of carbonyl (C=O) groups is 3. The van der Waals surface area contributed by atoms with Crippen LogP contribution in [-0.4, -0.2) is 114 Å². The Morgan fingerprint density at radius 3 is 2.38 bits per heavy atom. The molecule has 2 fully saturated rings. The summed E-state index contributed by atoms with van der Waals surface area (Å²) in [7, 11) is 0. The molecule has 0 spiro atoms. The Morgan fingerprint density at radius 1 is 0.951 bits per heavy atom. The first kappa shape index (κ1) is 41.3. The Morgan fingerprint density at radius 2 is 1.69 bits per heavy atom. The van der Waals surface area contributed by atoms with Gasteiger partial charge in [0.2, 0.25) is 11.8 Å². The number of imide groups is 1. The summed E-state index contributed by atoms with van der Waals surface area (Å²) in [6, 6.07) is 16.1. The summed E-state index contributed by atoms with van der Waals surface area (Å²) in [4.78, 5) is 54.2. The SMILES string of the molecule is Cc1cc(-c2[nH]nc3ncc(-c4ccc(N5CCN(CCn6nc(C)c(N7CCC(=O)N(CO)C7=O)c6C)CC5)cc4)cc23)ccc1[C@@H](C)NC(=O)c1noc(C(C)(C)C)n1. The molecule has 17 heteroatoms.